The molecule has 1 aliphatic carbocycles. The normalized spacial score (nSPS) is 25.7. The van der Waals surface area contributed by atoms with Crippen LogP contribution in [0.15, 0.2) is 41.3 Å². The highest BCUT2D eigenvalue weighted by atomic mass is 79.9. The van der Waals surface area contributed by atoms with E-state index < -0.39 is 11.7 Å². The lowest BCUT2D eigenvalue weighted by atomic mass is 9.72. The summed E-state index contributed by atoms with van der Waals surface area (Å²) in [5, 5.41) is 3.22. The van der Waals surface area contributed by atoms with Crippen LogP contribution in [0, 0.1) is 0 Å². The molecule has 6 heteroatoms. The Morgan fingerprint density at radius 2 is 1.95 bits per heavy atom. The van der Waals surface area contributed by atoms with Gasteiger partial charge in [-0.05, 0) is 28.1 Å². The molecule has 2 heterocycles. The van der Waals surface area contributed by atoms with Crippen LogP contribution in [0.3, 0.4) is 0 Å². The van der Waals surface area contributed by atoms with Crippen LogP contribution in [-0.2, 0) is 5.54 Å². The SMILES string of the molecule is FC1CC(Nc2ncc(Br)cn2)(c2ccccn2)C1. The van der Waals surface area contributed by atoms with E-state index in [-0.39, 0.29) is 0 Å². The second-order valence-electron chi connectivity index (χ2n) is 4.65. The third-order valence-corrected chi connectivity index (χ3v) is 3.68. The van der Waals surface area contributed by atoms with Crippen molar-refractivity contribution in [1.82, 2.24) is 15.0 Å². The monoisotopic (exact) mass is 322 g/mol. The van der Waals surface area contributed by atoms with Gasteiger partial charge in [0, 0.05) is 31.4 Å². The number of aromatic nitrogens is 3. The number of alkyl halides is 1. The van der Waals surface area contributed by atoms with E-state index in [1.54, 1.807) is 18.6 Å². The Morgan fingerprint density at radius 3 is 2.53 bits per heavy atom. The molecule has 0 spiro atoms. The van der Waals surface area contributed by atoms with Crippen LogP contribution in [0.2, 0.25) is 0 Å². The van der Waals surface area contributed by atoms with Crippen LogP contribution >= 0.6 is 15.9 Å². The molecule has 0 radical (unpaired) electrons. The Balaban J connectivity index is 1.88. The van der Waals surface area contributed by atoms with Crippen molar-refractivity contribution in [3.05, 3.63) is 47.0 Å². The fourth-order valence-corrected chi connectivity index (χ4v) is 2.51. The lowest BCUT2D eigenvalue weighted by Gasteiger charge is -2.44. The number of nitrogens with zero attached hydrogens (tertiary/aromatic N) is 3. The molecule has 3 rings (SSSR count). The number of hydrogen-bond acceptors (Lipinski definition) is 4. The Hall–Kier alpha value is -1.56. The summed E-state index contributed by atoms with van der Waals surface area (Å²) >= 11 is 3.29. The highest BCUT2D eigenvalue weighted by Crippen LogP contribution is 2.44. The van der Waals surface area contributed by atoms with E-state index in [0.29, 0.717) is 18.8 Å². The lowest BCUT2D eigenvalue weighted by molar-refractivity contribution is 0.111. The zero-order valence-corrected chi connectivity index (χ0v) is 11.6. The van der Waals surface area contributed by atoms with Crippen LogP contribution in [0.1, 0.15) is 18.5 Å². The molecule has 0 bridgehead atoms. The summed E-state index contributed by atoms with van der Waals surface area (Å²) in [4.78, 5) is 12.7. The van der Waals surface area contributed by atoms with E-state index in [1.807, 2.05) is 18.2 Å². The molecule has 2 aromatic heterocycles. The first-order valence-corrected chi connectivity index (χ1v) is 6.79. The Bertz CT molecular complexity index is 555. The molecular weight excluding hydrogens is 311 g/mol. The predicted octanol–water partition coefficient (Wildman–Crippen LogP) is 3.07. The lowest BCUT2D eigenvalue weighted by Crippen LogP contribution is -2.49. The number of pyridine rings is 1. The van der Waals surface area contributed by atoms with Crippen molar-refractivity contribution in [3.8, 4) is 0 Å². The minimum atomic E-state index is -0.801. The molecule has 4 nitrogen and oxygen atoms in total. The van der Waals surface area contributed by atoms with Crippen molar-refractivity contribution in [2.24, 2.45) is 0 Å². The summed E-state index contributed by atoms with van der Waals surface area (Å²) in [7, 11) is 0. The molecule has 0 amide bonds. The molecule has 0 unspecified atom stereocenters. The maximum atomic E-state index is 13.3. The first kappa shape index (κ1) is 12.5. The van der Waals surface area contributed by atoms with Gasteiger partial charge in [-0.15, -0.1) is 0 Å². The molecule has 0 saturated heterocycles. The van der Waals surface area contributed by atoms with Crippen molar-refractivity contribution < 1.29 is 4.39 Å². The fraction of sp³-hybridized carbons (Fsp3) is 0.308. The van der Waals surface area contributed by atoms with Crippen LogP contribution in [-0.4, -0.2) is 21.1 Å². The predicted molar refractivity (Wildman–Crippen MR) is 73.4 cm³/mol. The number of rotatable bonds is 3. The van der Waals surface area contributed by atoms with Gasteiger partial charge < -0.3 is 5.32 Å². The highest BCUT2D eigenvalue weighted by Gasteiger charge is 2.47. The summed E-state index contributed by atoms with van der Waals surface area (Å²) in [6, 6.07) is 5.65. The molecule has 98 valence electrons. The quantitative estimate of drug-likeness (QED) is 0.943. The molecule has 19 heavy (non-hydrogen) atoms. The standard InChI is InChI=1S/C13H12BrFN4/c14-9-7-17-12(18-8-9)19-13(5-10(15)6-13)11-3-1-2-4-16-11/h1-4,7-8,10H,5-6H2,(H,17,18,19). The van der Waals surface area contributed by atoms with Crippen molar-refractivity contribution >= 4 is 21.9 Å². The Labute approximate surface area is 118 Å². The van der Waals surface area contributed by atoms with Crippen molar-refractivity contribution in [3.63, 3.8) is 0 Å². The van der Waals surface area contributed by atoms with Crippen molar-refractivity contribution in [2.45, 2.75) is 24.6 Å². The zero-order chi connectivity index (χ0) is 13.3. The average Bonchev–Trinajstić information content (AvgIpc) is 2.40. The summed E-state index contributed by atoms with van der Waals surface area (Å²) in [6.07, 6.45) is 5.02. The van der Waals surface area contributed by atoms with E-state index in [4.69, 9.17) is 0 Å². The molecule has 1 N–H and O–H groups in total. The Morgan fingerprint density at radius 1 is 1.21 bits per heavy atom. The zero-order valence-electron chi connectivity index (χ0n) is 10.1. The summed E-state index contributed by atoms with van der Waals surface area (Å²) in [5.74, 6) is 0.487. The smallest absolute Gasteiger partial charge is 0.223 e. The van der Waals surface area contributed by atoms with Crippen LogP contribution < -0.4 is 5.32 Å². The van der Waals surface area contributed by atoms with Gasteiger partial charge in [-0.1, -0.05) is 6.07 Å². The summed E-state index contributed by atoms with van der Waals surface area (Å²) in [5.41, 5.74) is 0.338. The van der Waals surface area contributed by atoms with E-state index in [9.17, 15) is 4.39 Å². The van der Waals surface area contributed by atoms with Gasteiger partial charge in [-0.3, -0.25) is 4.98 Å². The molecule has 0 aliphatic heterocycles. The minimum Gasteiger partial charge on any atom is -0.343 e. The van der Waals surface area contributed by atoms with E-state index >= 15 is 0 Å². The van der Waals surface area contributed by atoms with Crippen molar-refractivity contribution in [2.75, 3.05) is 5.32 Å². The van der Waals surface area contributed by atoms with Gasteiger partial charge in [0.1, 0.15) is 6.17 Å². The first-order valence-electron chi connectivity index (χ1n) is 5.99. The number of hydrogen-bond donors (Lipinski definition) is 1. The van der Waals surface area contributed by atoms with Gasteiger partial charge in [-0.2, -0.15) is 0 Å². The number of halogens is 2. The largest absolute Gasteiger partial charge is 0.343 e. The molecule has 1 aliphatic rings. The summed E-state index contributed by atoms with van der Waals surface area (Å²) in [6.45, 7) is 0. The summed E-state index contributed by atoms with van der Waals surface area (Å²) < 4.78 is 14.2. The van der Waals surface area contributed by atoms with E-state index in [1.165, 1.54) is 0 Å². The molecule has 1 fully saturated rings. The third-order valence-electron chi connectivity index (χ3n) is 3.27. The van der Waals surface area contributed by atoms with Gasteiger partial charge in [-0.25, -0.2) is 14.4 Å². The molecular formula is C13H12BrFN4. The molecule has 2 aromatic rings. The molecule has 0 aromatic carbocycles. The highest BCUT2D eigenvalue weighted by molar-refractivity contribution is 9.10. The van der Waals surface area contributed by atoms with E-state index in [2.05, 4.69) is 36.2 Å². The fourth-order valence-electron chi connectivity index (χ4n) is 2.31. The maximum Gasteiger partial charge on any atom is 0.223 e. The van der Waals surface area contributed by atoms with Gasteiger partial charge in [0.05, 0.1) is 15.7 Å². The second-order valence-corrected chi connectivity index (χ2v) is 5.57. The van der Waals surface area contributed by atoms with Gasteiger partial charge in [0.25, 0.3) is 0 Å². The van der Waals surface area contributed by atoms with Crippen LogP contribution in [0.5, 0.6) is 0 Å². The minimum absolute atomic E-state index is 0.392. The number of nitrogens with one attached hydrogen (secondary N) is 1. The van der Waals surface area contributed by atoms with Crippen molar-refractivity contribution in [1.29, 1.82) is 0 Å². The first-order chi connectivity index (χ1) is 9.18. The topological polar surface area (TPSA) is 50.7 Å². The van der Waals surface area contributed by atoms with Gasteiger partial charge >= 0.3 is 0 Å². The number of anilines is 1. The maximum absolute atomic E-state index is 13.3. The van der Waals surface area contributed by atoms with Crippen LogP contribution in [0.4, 0.5) is 10.3 Å². The van der Waals surface area contributed by atoms with E-state index in [0.717, 1.165) is 10.2 Å². The van der Waals surface area contributed by atoms with Crippen LogP contribution in [0.25, 0.3) is 0 Å². The average molecular weight is 323 g/mol. The molecule has 1 saturated carbocycles. The molecule has 0 atom stereocenters. The van der Waals surface area contributed by atoms with Gasteiger partial charge in [0.15, 0.2) is 0 Å². The van der Waals surface area contributed by atoms with Gasteiger partial charge in [0.2, 0.25) is 5.95 Å². The second kappa shape index (κ2) is 4.85. The Kier molecular flexibility index (Phi) is 3.18. The third kappa shape index (κ3) is 2.45.